The van der Waals surface area contributed by atoms with Crippen LogP contribution in [0.15, 0.2) is 29.2 Å². The van der Waals surface area contributed by atoms with Crippen molar-refractivity contribution in [2.24, 2.45) is 5.92 Å². The molecule has 166 valence electrons. The molecule has 1 amide bonds. The van der Waals surface area contributed by atoms with Crippen molar-refractivity contribution < 1.29 is 27.1 Å². The molecule has 7 nitrogen and oxygen atoms in total. The van der Waals surface area contributed by atoms with E-state index in [0.29, 0.717) is 0 Å². The minimum Gasteiger partial charge on any atom is -0.452 e. The molecule has 0 unspecified atom stereocenters. The quantitative estimate of drug-likeness (QED) is 0.687. The molecule has 1 N–H and O–H groups in total. The first-order valence-electron chi connectivity index (χ1n) is 10.5. The number of esters is 1. The lowest BCUT2D eigenvalue weighted by molar-refractivity contribution is -0.160. The van der Waals surface area contributed by atoms with Crippen molar-refractivity contribution in [2.75, 3.05) is 13.1 Å². The molecule has 1 aliphatic carbocycles. The molecule has 9 heteroatoms. The zero-order chi connectivity index (χ0) is 21.7. The maximum Gasteiger partial charge on any atom is 0.309 e. The highest BCUT2D eigenvalue weighted by Crippen LogP contribution is 2.26. The Morgan fingerprint density at radius 1 is 1.10 bits per heavy atom. The number of hydrogen-bond acceptors (Lipinski definition) is 5. The number of carbonyl (C=O) groups is 2. The molecule has 2 aliphatic rings. The fourth-order valence-corrected chi connectivity index (χ4v) is 5.55. The van der Waals surface area contributed by atoms with Crippen molar-refractivity contribution in [2.45, 2.75) is 68.9 Å². The van der Waals surface area contributed by atoms with Crippen LogP contribution in [0.3, 0.4) is 0 Å². The SMILES string of the molecule is C[C@@H](OC(=O)C1CCN(S(=O)(=O)c2ccccc2F)CC1)C(=O)NC1CCCCC1. The van der Waals surface area contributed by atoms with Crippen LogP contribution in [0.1, 0.15) is 51.9 Å². The van der Waals surface area contributed by atoms with Gasteiger partial charge in [-0.3, -0.25) is 9.59 Å². The molecule has 1 atom stereocenters. The topological polar surface area (TPSA) is 92.8 Å². The molecule has 0 radical (unpaired) electrons. The van der Waals surface area contributed by atoms with Crippen LogP contribution < -0.4 is 5.32 Å². The lowest BCUT2D eigenvalue weighted by Crippen LogP contribution is -2.44. The largest absolute Gasteiger partial charge is 0.452 e. The molecule has 1 saturated heterocycles. The Morgan fingerprint density at radius 3 is 2.37 bits per heavy atom. The number of nitrogens with one attached hydrogen (secondary N) is 1. The Labute approximate surface area is 177 Å². The van der Waals surface area contributed by atoms with Crippen LogP contribution in [-0.4, -0.2) is 49.8 Å². The molecule has 1 aromatic carbocycles. The van der Waals surface area contributed by atoms with E-state index in [1.165, 1.54) is 28.9 Å². The van der Waals surface area contributed by atoms with Gasteiger partial charge in [-0.15, -0.1) is 0 Å². The standard InChI is InChI=1S/C21H29FN2O5S/c1-15(20(25)23-17-7-3-2-4-8-17)29-21(26)16-11-13-24(14-12-16)30(27,28)19-10-6-5-9-18(19)22/h5-6,9-10,15-17H,2-4,7-8,11-14H2,1H3,(H,23,25)/t15-/m1/s1. The maximum atomic E-state index is 13.9. The molecule has 1 aliphatic heterocycles. The van der Waals surface area contributed by atoms with Gasteiger partial charge in [0.2, 0.25) is 10.0 Å². The average molecular weight is 441 g/mol. The van der Waals surface area contributed by atoms with Gasteiger partial charge in [0.1, 0.15) is 10.7 Å². The fraction of sp³-hybridized carbons (Fsp3) is 0.619. The van der Waals surface area contributed by atoms with E-state index < -0.39 is 33.8 Å². The molecule has 0 spiro atoms. The lowest BCUT2D eigenvalue weighted by atomic mass is 9.95. The Balaban J connectivity index is 1.50. The number of rotatable bonds is 6. The molecule has 1 aromatic rings. The Morgan fingerprint density at radius 2 is 1.73 bits per heavy atom. The third-order valence-corrected chi connectivity index (χ3v) is 7.79. The van der Waals surface area contributed by atoms with E-state index in [4.69, 9.17) is 4.74 Å². The Bertz CT molecular complexity index is 862. The zero-order valence-electron chi connectivity index (χ0n) is 17.2. The van der Waals surface area contributed by atoms with E-state index in [2.05, 4.69) is 5.32 Å². The first-order chi connectivity index (χ1) is 14.3. The lowest BCUT2D eigenvalue weighted by Gasteiger charge is -2.31. The molecule has 3 rings (SSSR count). The van der Waals surface area contributed by atoms with Crippen molar-refractivity contribution in [3.05, 3.63) is 30.1 Å². The van der Waals surface area contributed by atoms with Crippen LogP contribution in [0.4, 0.5) is 4.39 Å². The van der Waals surface area contributed by atoms with Crippen molar-refractivity contribution in [3.8, 4) is 0 Å². The summed E-state index contributed by atoms with van der Waals surface area (Å²) in [6, 6.07) is 5.38. The number of benzene rings is 1. The number of sulfonamides is 1. The van der Waals surface area contributed by atoms with Crippen molar-refractivity contribution >= 4 is 21.9 Å². The molecule has 1 saturated carbocycles. The van der Waals surface area contributed by atoms with Gasteiger partial charge in [-0.1, -0.05) is 31.4 Å². The molecule has 2 fully saturated rings. The van der Waals surface area contributed by atoms with Gasteiger partial charge in [0.15, 0.2) is 6.10 Å². The molecule has 0 aromatic heterocycles. The van der Waals surface area contributed by atoms with Gasteiger partial charge in [0, 0.05) is 19.1 Å². The smallest absolute Gasteiger partial charge is 0.309 e. The minimum atomic E-state index is -3.95. The number of carbonyl (C=O) groups excluding carboxylic acids is 2. The third-order valence-electron chi connectivity index (χ3n) is 5.86. The number of nitrogens with zero attached hydrogens (tertiary/aromatic N) is 1. The Kier molecular flexibility index (Phi) is 7.46. The van der Waals surface area contributed by atoms with E-state index in [1.54, 1.807) is 6.92 Å². The van der Waals surface area contributed by atoms with Crippen molar-refractivity contribution in [1.82, 2.24) is 9.62 Å². The van der Waals surface area contributed by atoms with Gasteiger partial charge in [0.05, 0.1) is 5.92 Å². The summed E-state index contributed by atoms with van der Waals surface area (Å²) in [5.74, 6) is -2.07. The minimum absolute atomic E-state index is 0.0963. The summed E-state index contributed by atoms with van der Waals surface area (Å²) in [5.41, 5.74) is 0. The van der Waals surface area contributed by atoms with Crippen LogP contribution >= 0.6 is 0 Å². The van der Waals surface area contributed by atoms with Crippen molar-refractivity contribution in [3.63, 3.8) is 0 Å². The Hall–Kier alpha value is -2.00. The second-order valence-electron chi connectivity index (χ2n) is 8.03. The van der Waals surface area contributed by atoms with Crippen LogP contribution in [0.25, 0.3) is 0 Å². The number of halogens is 1. The van der Waals surface area contributed by atoms with E-state index in [-0.39, 0.29) is 42.8 Å². The highest BCUT2D eigenvalue weighted by atomic mass is 32.2. The van der Waals surface area contributed by atoms with Crippen LogP contribution in [0, 0.1) is 11.7 Å². The van der Waals surface area contributed by atoms with Gasteiger partial charge < -0.3 is 10.1 Å². The number of amides is 1. The highest BCUT2D eigenvalue weighted by Gasteiger charge is 2.35. The van der Waals surface area contributed by atoms with E-state index in [9.17, 15) is 22.4 Å². The highest BCUT2D eigenvalue weighted by molar-refractivity contribution is 7.89. The average Bonchev–Trinajstić information content (AvgIpc) is 2.74. The predicted molar refractivity (Wildman–Crippen MR) is 108 cm³/mol. The van der Waals surface area contributed by atoms with Gasteiger partial charge >= 0.3 is 5.97 Å². The van der Waals surface area contributed by atoms with E-state index in [1.807, 2.05) is 0 Å². The van der Waals surface area contributed by atoms with Crippen LogP contribution in [-0.2, 0) is 24.3 Å². The van der Waals surface area contributed by atoms with Gasteiger partial charge in [-0.25, -0.2) is 12.8 Å². The summed E-state index contributed by atoms with van der Waals surface area (Å²) in [6.07, 6.45) is 4.90. The van der Waals surface area contributed by atoms with Crippen LogP contribution in [0.2, 0.25) is 0 Å². The first-order valence-corrected chi connectivity index (χ1v) is 12.0. The summed E-state index contributed by atoms with van der Waals surface area (Å²) < 4.78 is 45.8. The second-order valence-corrected chi connectivity index (χ2v) is 9.94. The summed E-state index contributed by atoms with van der Waals surface area (Å²) in [4.78, 5) is 24.4. The third kappa shape index (κ3) is 5.37. The maximum absolute atomic E-state index is 13.9. The van der Waals surface area contributed by atoms with Gasteiger partial charge in [0.25, 0.3) is 5.91 Å². The van der Waals surface area contributed by atoms with E-state index >= 15 is 0 Å². The van der Waals surface area contributed by atoms with Gasteiger partial charge in [-0.05, 0) is 44.7 Å². The summed E-state index contributed by atoms with van der Waals surface area (Å²) in [6.45, 7) is 1.74. The number of ether oxygens (including phenoxy) is 1. The fourth-order valence-electron chi connectivity index (χ4n) is 4.01. The molecule has 0 bridgehead atoms. The molecular weight excluding hydrogens is 411 g/mol. The first kappa shape index (κ1) is 22.7. The zero-order valence-corrected chi connectivity index (χ0v) is 18.0. The number of piperidine rings is 1. The van der Waals surface area contributed by atoms with E-state index in [0.717, 1.165) is 31.7 Å². The molecular formula is C21H29FN2O5S. The predicted octanol–water partition coefficient (Wildman–Crippen LogP) is 2.61. The number of hydrogen-bond donors (Lipinski definition) is 1. The molecule has 30 heavy (non-hydrogen) atoms. The van der Waals surface area contributed by atoms with Gasteiger partial charge in [-0.2, -0.15) is 4.31 Å². The monoisotopic (exact) mass is 440 g/mol. The summed E-state index contributed by atoms with van der Waals surface area (Å²) in [5, 5.41) is 2.94. The normalized spacial score (nSPS) is 20.5. The summed E-state index contributed by atoms with van der Waals surface area (Å²) in [7, 11) is -3.95. The molecule has 1 heterocycles. The second kappa shape index (κ2) is 9.87. The summed E-state index contributed by atoms with van der Waals surface area (Å²) >= 11 is 0. The van der Waals surface area contributed by atoms with Crippen molar-refractivity contribution in [1.29, 1.82) is 0 Å². The van der Waals surface area contributed by atoms with Crippen LogP contribution in [0.5, 0.6) is 0 Å².